The summed E-state index contributed by atoms with van der Waals surface area (Å²) >= 11 is 0. The van der Waals surface area contributed by atoms with Gasteiger partial charge in [0.05, 0.1) is 22.2 Å². The van der Waals surface area contributed by atoms with Gasteiger partial charge in [-0.3, -0.25) is 4.79 Å². The van der Waals surface area contributed by atoms with Crippen LogP contribution in [-0.4, -0.2) is 44.7 Å². The Labute approximate surface area is 172 Å². The van der Waals surface area contributed by atoms with E-state index in [2.05, 4.69) is 20.8 Å². The van der Waals surface area contributed by atoms with Gasteiger partial charge in [0.2, 0.25) is 0 Å². The summed E-state index contributed by atoms with van der Waals surface area (Å²) in [5.74, 6) is 0.555. The van der Waals surface area contributed by atoms with E-state index in [1.165, 1.54) is 0 Å². The van der Waals surface area contributed by atoms with Crippen molar-refractivity contribution in [3.05, 3.63) is 23.0 Å². The summed E-state index contributed by atoms with van der Waals surface area (Å²) in [5, 5.41) is 5.62. The molecule has 1 aliphatic heterocycles. The molecular formula is C19H29Cl2N5O. The van der Waals surface area contributed by atoms with Crippen LogP contribution in [0, 0.1) is 6.92 Å². The molecule has 6 nitrogen and oxygen atoms in total. The van der Waals surface area contributed by atoms with Crippen LogP contribution in [0.2, 0.25) is 0 Å². The van der Waals surface area contributed by atoms with Gasteiger partial charge in [-0.1, -0.05) is 0 Å². The van der Waals surface area contributed by atoms with Crippen LogP contribution in [0.15, 0.2) is 6.07 Å². The minimum Gasteiger partial charge on any atom is -0.337 e. The minimum atomic E-state index is -0.183. The molecule has 2 N–H and O–H groups in total. The summed E-state index contributed by atoms with van der Waals surface area (Å²) in [6.45, 7) is 9.68. The molecule has 2 fully saturated rings. The number of aromatic nitrogens is 3. The van der Waals surface area contributed by atoms with Crippen LogP contribution in [0.5, 0.6) is 0 Å². The highest BCUT2D eigenvalue weighted by Gasteiger charge is 2.32. The van der Waals surface area contributed by atoms with Crippen LogP contribution in [0.1, 0.15) is 67.7 Å². The molecule has 27 heavy (non-hydrogen) atoms. The van der Waals surface area contributed by atoms with Crippen molar-refractivity contribution in [2.75, 3.05) is 13.1 Å². The Morgan fingerprint density at radius 2 is 1.89 bits per heavy atom. The molecule has 0 spiro atoms. The van der Waals surface area contributed by atoms with Gasteiger partial charge in [0.15, 0.2) is 5.65 Å². The molecule has 2 aromatic heterocycles. The van der Waals surface area contributed by atoms with Gasteiger partial charge < -0.3 is 10.6 Å². The summed E-state index contributed by atoms with van der Waals surface area (Å²) in [7, 11) is 0. The number of amides is 1. The molecule has 1 amide bonds. The van der Waals surface area contributed by atoms with E-state index in [0.717, 1.165) is 53.8 Å². The average Bonchev–Trinajstić information content (AvgIpc) is 3.22. The van der Waals surface area contributed by atoms with E-state index >= 15 is 0 Å². The molecule has 0 radical (unpaired) electrons. The number of carbonyl (C=O) groups is 1. The van der Waals surface area contributed by atoms with E-state index in [9.17, 15) is 4.79 Å². The standard InChI is InChI=1S/C19H27N5O.2ClH/c1-11-16-14(18(25)23-8-7-13(20)10-23)9-15(12-5-6-12)21-17(16)24(22-11)19(2,3)4;;/h9,12-13H,5-8,10,20H2,1-4H3;2*1H/t13-;;/m1../s1. The predicted octanol–water partition coefficient (Wildman–Crippen LogP) is 3.39. The molecule has 2 aliphatic rings. The molecule has 2 aromatic rings. The quantitative estimate of drug-likeness (QED) is 0.817. The van der Waals surface area contributed by atoms with Gasteiger partial charge in [-0.2, -0.15) is 5.10 Å². The van der Waals surface area contributed by atoms with E-state index in [4.69, 9.17) is 15.8 Å². The zero-order chi connectivity index (χ0) is 17.9. The van der Waals surface area contributed by atoms with Crippen molar-refractivity contribution in [1.82, 2.24) is 19.7 Å². The molecule has 0 unspecified atom stereocenters. The Morgan fingerprint density at radius 1 is 1.22 bits per heavy atom. The number of nitrogens with zero attached hydrogens (tertiary/aromatic N) is 4. The van der Waals surface area contributed by atoms with Crippen molar-refractivity contribution in [3.8, 4) is 0 Å². The fourth-order valence-corrected chi connectivity index (χ4v) is 3.68. The Kier molecular flexibility index (Phi) is 6.15. The lowest BCUT2D eigenvalue weighted by Gasteiger charge is -2.21. The highest BCUT2D eigenvalue weighted by atomic mass is 35.5. The zero-order valence-electron chi connectivity index (χ0n) is 16.4. The summed E-state index contributed by atoms with van der Waals surface area (Å²) < 4.78 is 1.97. The number of fused-ring (bicyclic) bond motifs is 1. The van der Waals surface area contributed by atoms with Crippen LogP contribution < -0.4 is 5.73 Å². The number of halogens is 2. The molecule has 8 heteroatoms. The van der Waals surface area contributed by atoms with Gasteiger partial charge in [0.1, 0.15) is 0 Å². The van der Waals surface area contributed by atoms with E-state index in [0.29, 0.717) is 12.5 Å². The van der Waals surface area contributed by atoms with Crippen LogP contribution in [0.4, 0.5) is 0 Å². The largest absolute Gasteiger partial charge is 0.337 e. The third-order valence-corrected chi connectivity index (χ3v) is 5.21. The molecule has 0 bridgehead atoms. The number of likely N-dealkylation sites (tertiary alicyclic amines) is 1. The number of aryl methyl sites for hydroxylation is 1. The molecule has 0 aromatic carbocycles. The van der Waals surface area contributed by atoms with Crippen molar-refractivity contribution < 1.29 is 4.79 Å². The number of pyridine rings is 1. The molecule has 1 atom stereocenters. The van der Waals surface area contributed by atoms with E-state index in [-0.39, 0.29) is 42.3 Å². The van der Waals surface area contributed by atoms with Crippen molar-refractivity contribution in [2.24, 2.45) is 5.73 Å². The van der Waals surface area contributed by atoms with Crippen LogP contribution in [0.25, 0.3) is 11.0 Å². The lowest BCUT2D eigenvalue weighted by atomic mass is 10.1. The number of nitrogens with two attached hydrogens (primary N) is 1. The van der Waals surface area contributed by atoms with Gasteiger partial charge in [-0.05, 0) is 53.0 Å². The smallest absolute Gasteiger partial charge is 0.254 e. The van der Waals surface area contributed by atoms with Gasteiger partial charge in [-0.25, -0.2) is 9.67 Å². The topological polar surface area (TPSA) is 77.0 Å². The lowest BCUT2D eigenvalue weighted by Crippen LogP contribution is -2.32. The Morgan fingerprint density at radius 3 is 2.41 bits per heavy atom. The van der Waals surface area contributed by atoms with Gasteiger partial charge >= 0.3 is 0 Å². The molecule has 1 aliphatic carbocycles. The van der Waals surface area contributed by atoms with E-state index in [1.54, 1.807) is 0 Å². The van der Waals surface area contributed by atoms with E-state index < -0.39 is 0 Å². The van der Waals surface area contributed by atoms with Gasteiger partial charge in [0, 0.05) is 30.7 Å². The molecule has 1 saturated heterocycles. The maximum absolute atomic E-state index is 13.2. The van der Waals surface area contributed by atoms with Crippen LogP contribution in [-0.2, 0) is 5.54 Å². The van der Waals surface area contributed by atoms with Gasteiger partial charge in [-0.15, -0.1) is 24.8 Å². The second-order valence-electron chi connectivity index (χ2n) is 8.54. The second kappa shape index (κ2) is 7.57. The first-order chi connectivity index (χ1) is 11.8. The molecule has 1 saturated carbocycles. The summed E-state index contributed by atoms with van der Waals surface area (Å²) in [4.78, 5) is 20.0. The Hall–Kier alpha value is -1.37. The SMILES string of the molecule is Cc1nn(C(C)(C)C)c2nc(C3CC3)cc(C(=O)N3CC[C@@H](N)C3)c12.Cl.Cl. The van der Waals surface area contributed by atoms with Crippen molar-refractivity contribution in [1.29, 1.82) is 0 Å². The second-order valence-corrected chi connectivity index (χ2v) is 8.54. The maximum Gasteiger partial charge on any atom is 0.254 e. The number of hydrogen-bond donors (Lipinski definition) is 1. The average molecular weight is 414 g/mol. The fourth-order valence-electron chi connectivity index (χ4n) is 3.68. The maximum atomic E-state index is 13.2. The van der Waals surface area contributed by atoms with Crippen molar-refractivity contribution >= 4 is 41.8 Å². The van der Waals surface area contributed by atoms with Gasteiger partial charge in [0.25, 0.3) is 5.91 Å². The Bertz CT molecular complexity index is 854. The first-order valence-electron chi connectivity index (χ1n) is 9.21. The third kappa shape index (κ3) is 3.93. The monoisotopic (exact) mass is 413 g/mol. The fraction of sp³-hybridized carbons (Fsp3) is 0.632. The molecule has 3 heterocycles. The van der Waals surface area contributed by atoms with Crippen LogP contribution >= 0.6 is 24.8 Å². The third-order valence-electron chi connectivity index (χ3n) is 5.21. The first kappa shape index (κ1) is 21.9. The molecule has 150 valence electrons. The Balaban J connectivity index is 0.00000131. The number of carbonyl (C=O) groups excluding carboxylic acids is 1. The zero-order valence-corrected chi connectivity index (χ0v) is 18.0. The first-order valence-corrected chi connectivity index (χ1v) is 9.21. The number of hydrogen-bond acceptors (Lipinski definition) is 4. The highest BCUT2D eigenvalue weighted by Crippen LogP contribution is 2.41. The van der Waals surface area contributed by atoms with Crippen LogP contribution in [0.3, 0.4) is 0 Å². The summed E-state index contributed by atoms with van der Waals surface area (Å²) in [6.07, 6.45) is 3.18. The highest BCUT2D eigenvalue weighted by molar-refractivity contribution is 6.06. The normalized spacial score (nSPS) is 19.7. The molecular weight excluding hydrogens is 385 g/mol. The van der Waals surface area contributed by atoms with Crippen molar-refractivity contribution in [2.45, 2.75) is 64.5 Å². The van der Waals surface area contributed by atoms with Crippen molar-refractivity contribution in [3.63, 3.8) is 0 Å². The van der Waals surface area contributed by atoms with E-state index in [1.807, 2.05) is 22.6 Å². The number of rotatable bonds is 2. The lowest BCUT2D eigenvalue weighted by molar-refractivity contribution is 0.0792. The summed E-state index contributed by atoms with van der Waals surface area (Å²) in [6, 6.07) is 2.09. The summed E-state index contributed by atoms with van der Waals surface area (Å²) in [5.41, 5.74) is 9.31. The predicted molar refractivity (Wildman–Crippen MR) is 112 cm³/mol. The minimum absolute atomic E-state index is 0. The molecule has 4 rings (SSSR count).